The van der Waals surface area contributed by atoms with Crippen LogP contribution in [0.4, 0.5) is 0 Å². The molecule has 1 aromatic heterocycles. The van der Waals surface area contributed by atoms with Crippen LogP contribution in [0, 0.1) is 5.92 Å². The van der Waals surface area contributed by atoms with Gasteiger partial charge in [-0.25, -0.2) is 0 Å². The van der Waals surface area contributed by atoms with Gasteiger partial charge >= 0.3 is 0 Å². The third-order valence-electron chi connectivity index (χ3n) is 6.48. The summed E-state index contributed by atoms with van der Waals surface area (Å²) < 4.78 is 11.2. The van der Waals surface area contributed by atoms with Gasteiger partial charge in [0.05, 0.1) is 6.61 Å². The highest BCUT2D eigenvalue weighted by Gasteiger charge is 2.22. The minimum Gasteiger partial charge on any atom is -0.494 e. The van der Waals surface area contributed by atoms with Gasteiger partial charge in [-0.3, -0.25) is 0 Å². The Morgan fingerprint density at radius 3 is 2.26 bits per heavy atom. The molecule has 0 unspecified atom stereocenters. The number of rotatable bonds is 9. The second kappa shape index (κ2) is 10.6. The van der Waals surface area contributed by atoms with Crippen molar-refractivity contribution in [1.29, 1.82) is 0 Å². The van der Waals surface area contributed by atoms with Crippen LogP contribution in [0.3, 0.4) is 0 Å². The van der Waals surface area contributed by atoms with Gasteiger partial charge in [0, 0.05) is 11.1 Å². The lowest BCUT2D eigenvalue weighted by molar-refractivity contribution is 0.308. The fourth-order valence-electron chi connectivity index (χ4n) is 4.58. The number of nitrogens with zero attached hydrogens (tertiary/aromatic N) is 2. The SMILES string of the molecule is CCCCOc1ccc(-c2nc(-c3ccc(C4CCC(CCC)CC4)cc3)no2)cc1. The summed E-state index contributed by atoms with van der Waals surface area (Å²) >= 11 is 0. The number of ether oxygens (including phenoxy) is 1. The van der Waals surface area contributed by atoms with Crippen molar-refractivity contribution in [3.8, 4) is 28.6 Å². The van der Waals surface area contributed by atoms with Crippen LogP contribution >= 0.6 is 0 Å². The van der Waals surface area contributed by atoms with Crippen LogP contribution in [-0.2, 0) is 0 Å². The van der Waals surface area contributed by atoms with E-state index in [1.165, 1.54) is 44.1 Å². The predicted molar refractivity (Wildman–Crippen MR) is 125 cm³/mol. The average Bonchev–Trinajstić information content (AvgIpc) is 3.31. The van der Waals surface area contributed by atoms with Crippen molar-refractivity contribution in [2.75, 3.05) is 6.61 Å². The van der Waals surface area contributed by atoms with Gasteiger partial charge in [-0.05, 0) is 73.8 Å². The molecular formula is C27H34N2O2. The summed E-state index contributed by atoms with van der Waals surface area (Å²) in [5, 5.41) is 4.20. The first kappa shape index (κ1) is 21.6. The van der Waals surface area contributed by atoms with Crippen molar-refractivity contribution in [2.24, 2.45) is 5.92 Å². The van der Waals surface area contributed by atoms with E-state index < -0.39 is 0 Å². The molecule has 31 heavy (non-hydrogen) atoms. The van der Waals surface area contributed by atoms with E-state index >= 15 is 0 Å². The zero-order valence-electron chi connectivity index (χ0n) is 18.8. The van der Waals surface area contributed by atoms with E-state index in [1.54, 1.807) is 0 Å². The zero-order valence-corrected chi connectivity index (χ0v) is 18.8. The molecule has 3 aromatic rings. The lowest BCUT2D eigenvalue weighted by Crippen LogP contribution is -2.13. The van der Waals surface area contributed by atoms with Crippen LogP contribution < -0.4 is 4.74 Å². The van der Waals surface area contributed by atoms with E-state index in [0.29, 0.717) is 17.6 Å². The molecule has 0 bridgehead atoms. The molecule has 0 spiro atoms. The van der Waals surface area contributed by atoms with Crippen LogP contribution in [-0.4, -0.2) is 16.7 Å². The van der Waals surface area contributed by atoms with Crippen molar-refractivity contribution in [2.45, 2.75) is 71.1 Å². The molecule has 1 heterocycles. The lowest BCUT2D eigenvalue weighted by atomic mass is 9.77. The Morgan fingerprint density at radius 2 is 1.58 bits per heavy atom. The Bertz CT molecular complexity index is 923. The monoisotopic (exact) mass is 418 g/mol. The van der Waals surface area contributed by atoms with E-state index in [9.17, 15) is 0 Å². The fraction of sp³-hybridized carbons (Fsp3) is 0.481. The highest BCUT2D eigenvalue weighted by Crippen LogP contribution is 2.38. The lowest BCUT2D eigenvalue weighted by Gasteiger charge is -2.28. The Kier molecular flexibility index (Phi) is 7.39. The normalized spacial score (nSPS) is 18.8. The number of hydrogen-bond acceptors (Lipinski definition) is 4. The molecule has 1 fully saturated rings. The van der Waals surface area contributed by atoms with E-state index in [2.05, 4.69) is 48.3 Å². The number of unbranched alkanes of at least 4 members (excludes halogenated alkanes) is 1. The van der Waals surface area contributed by atoms with Gasteiger partial charge in [0.25, 0.3) is 5.89 Å². The Hall–Kier alpha value is -2.62. The van der Waals surface area contributed by atoms with Gasteiger partial charge < -0.3 is 9.26 Å². The standard InChI is InChI=1S/C27H34N2O2/c1-3-5-19-30-25-17-15-24(16-18-25)27-28-26(29-31-27)23-13-11-22(12-14-23)21-9-7-20(6-4-2)8-10-21/h11-18,20-21H,3-10,19H2,1-2H3. The number of hydrogen-bond donors (Lipinski definition) is 0. The van der Waals surface area contributed by atoms with Gasteiger partial charge in [-0.2, -0.15) is 4.98 Å². The zero-order chi connectivity index (χ0) is 21.5. The van der Waals surface area contributed by atoms with Gasteiger partial charge in [-0.15, -0.1) is 0 Å². The molecule has 1 aliphatic rings. The number of aromatic nitrogens is 2. The van der Waals surface area contributed by atoms with Gasteiger partial charge in [0.2, 0.25) is 5.82 Å². The molecule has 2 aromatic carbocycles. The first-order valence-electron chi connectivity index (χ1n) is 11.9. The molecule has 0 saturated heterocycles. The summed E-state index contributed by atoms with van der Waals surface area (Å²) in [5.74, 6) is 3.68. The maximum atomic E-state index is 5.72. The molecule has 0 atom stereocenters. The summed E-state index contributed by atoms with van der Waals surface area (Å²) in [6, 6.07) is 16.6. The van der Waals surface area contributed by atoms with Crippen LogP contribution in [0.1, 0.15) is 76.7 Å². The molecule has 4 heteroatoms. The van der Waals surface area contributed by atoms with Crippen LogP contribution in [0.2, 0.25) is 0 Å². The van der Waals surface area contributed by atoms with Crippen LogP contribution in [0.5, 0.6) is 5.75 Å². The second-order valence-electron chi connectivity index (χ2n) is 8.78. The maximum Gasteiger partial charge on any atom is 0.258 e. The summed E-state index contributed by atoms with van der Waals surface area (Å²) in [6.07, 6.45) is 10.3. The van der Waals surface area contributed by atoms with Gasteiger partial charge in [0.15, 0.2) is 0 Å². The smallest absolute Gasteiger partial charge is 0.258 e. The van der Waals surface area contributed by atoms with E-state index in [1.807, 2.05) is 24.3 Å². The summed E-state index contributed by atoms with van der Waals surface area (Å²) in [4.78, 5) is 4.61. The van der Waals surface area contributed by atoms with Crippen LogP contribution in [0.15, 0.2) is 53.1 Å². The molecule has 0 amide bonds. The maximum absolute atomic E-state index is 5.72. The second-order valence-corrected chi connectivity index (χ2v) is 8.78. The summed E-state index contributed by atoms with van der Waals surface area (Å²) in [5.41, 5.74) is 3.35. The minimum atomic E-state index is 0.536. The topological polar surface area (TPSA) is 48.2 Å². The van der Waals surface area contributed by atoms with Crippen molar-refractivity contribution in [3.05, 3.63) is 54.1 Å². The Labute approximate surface area is 186 Å². The highest BCUT2D eigenvalue weighted by atomic mass is 16.5. The average molecular weight is 419 g/mol. The Morgan fingerprint density at radius 1 is 0.871 bits per heavy atom. The van der Waals surface area contributed by atoms with Crippen molar-refractivity contribution < 1.29 is 9.26 Å². The van der Waals surface area contributed by atoms with Gasteiger partial charge in [0.1, 0.15) is 5.75 Å². The highest BCUT2D eigenvalue weighted by molar-refractivity contribution is 5.60. The Balaban J connectivity index is 1.38. The largest absolute Gasteiger partial charge is 0.494 e. The third kappa shape index (κ3) is 5.55. The molecule has 4 rings (SSSR count). The summed E-state index contributed by atoms with van der Waals surface area (Å²) in [7, 11) is 0. The molecule has 1 saturated carbocycles. The molecule has 0 radical (unpaired) electrons. The van der Waals surface area contributed by atoms with E-state index in [4.69, 9.17) is 9.26 Å². The first-order valence-corrected chi connectivity index (χ1v) is 11.9. The van der Waals surface area contributed by atoms with Crippen LogP contribution in [0.25, 0.3) is 22.8 Å². The third-order valence-corrected chi connectivity index (χ3v) is 6.48. The fourth-order valence-corrected chi connectivity index (χ4v) is 4.58. The molecular weight excluding hydrogens is 384 g/mol. The molecule has 0 aliphatic heterocycles. The number of benzene rings is 2. The molecule has 4 nitrogen and oxygen atoms in total. The van der Waals surface area contributed by atoms with Crippen molar-refractivity contribution >= 4 is 0 Å². The minimum absolute atomic E-state index is 0.536. The van der Waals surface area contributed by atoms with E-state index in [0.717, 1.165) is 42.2 Å². The molecule has 0 N–H and O–H groups in total. The predicted octanol–water partition coefficient (Wildman–Crippen LogP) is 7.66. The van der Waals surface area contributed by atoms with Crippen molar-refractivity contribution in [3.63, 3.8) is 0 Å². The molecule has 164 valence electrons. The van der Waals surface area contributed by atoms with Gasteiger partial charge in [-0.1, -0.05) is 62.5 Å². The first-order chi connectivity index (χ1) is 15.3. The van der Waals surface area contributed by atoms with E-state index in [-0.39, 0.29) is 0 Å². The molecule has 1 aliphatic carbocycles. The van der Waals surface area contributed by atoms with Crippen molar-refractivity contribution in [1.82, 2.24) is 10.1 Å². The summed E-state index contributed by atoms with van der Waals surface area (Å²) in [6.45, 7) is 5.20. The quantitative estimate of drug-likeness (QED) is 0.335.